The number of aromatic nitrogens is 6. The number of carbonyl (C=O) groups excluding carboxylic acids is 3. The van der Waals surface area contributed by atoms with E-state index in [4.69, 9.17) is 14.5 Å². The molecule has 21 nitrogen and oxygen atoms in total. The van der Waals surface area contributed by atoms with E-state index in [0.29, 0.717) is 30.9 Å². The van der Waals surface area contributed by atoms with E-state index in [9.17, 15) is 39.7 Å². The first-order chi connectivity index (χ1) is 27.8. The number of unbranched alkanes of at least 4 members (excludes halogenated alkanes) is 2. The van der Waals surface area contributed by atoms with E-state index in [1.54, 1.807) is 4.57 Å². The van der Waals surface area contributed by atoms with Crippen molar-refractivity contribution in [1.82, 2.24) is 35.5 Å². The summed E-state index contributed by atoms with van der Waals surface area (Å²) in [5, 5.41) is 47.2. The van der Waals surface area contributed by atoms with Crippen molar-refractivity contribution in [2.75, 3.05) is 26.4 Å². The lowest BCUT2D eigenvalue weighted by atomic mass is 9.98. The number of nitrogens with one attached hydrogen (secondary N) is 2. The predicted molar refractivity (Wildman–Crippen MR) is 202 cm³/mol. The van der Waals surface area contributed by atoms with Crippen LogP contribution in [0, 0.1) is 20.2 Å². The van der Waals surface area contributed by atoms with Crippen LogP contribution in [0.5, 0.6) is 0 Å². The van der Waals surface area contributed by atoms with Crippen LogP contribution in [-0.2, 0) is 47.3 Å². The second-order valence-corrected chi connectivity index (χ2v) is 13.6. The van der Waals surface area contributed by atoms with Crippen LogP contribution in [0.4, 0.5) is 0 Å². The molecule has 3 N–H and O–H groups in total. The number of carbonyl (C=O) groups is 3. The number of imidazole rings is 1. The molecule has 0 aliphatic carbocycles. The molecule has 0 bridgehead atoms. The van der Waals surface area contributed by atoms with Crippen molar-refractivity contribution >= 4 is 17.8 Å². The number of aryl methyl sites for hydroxylation is 1. The van der Waals surface area contributed by atoms with Gasteiger partial charge in [0.2, 0.25) is 5.82 Å². The molecule has 0 radical (unpaired) electrons. The molecule has 1 atom stereocenters. The number of H-pyrrole nitrogens is 1. The largest absolute Gasteiger partial charge is 0.466 e. The van der Waals surface area contributed by atoms with Gasteiger partial charge < -0.3 is 34.1 Å². The molecular weight excluding hydrogens is 762 g/mol. The molecule has 0 aliphatic heterocycles. The molecule has 58 heavy (non-hydrogen) atoms. The Balaban J connectivity index is 1.57. The highest BCUT2D eigenvalue weighted by Crippen LogP contribution is 2.31. The fraction of sp³-hybridized carbons (Fsp3) is 0.486. The van der Waals surface area contributed by atoms with E-state index in [1.807, 2.05) is 55.5 Å². The van der Waals surface area contributed by atoms with Crippen LogP contribution < -0.4 is 5.32 Å². The van der Waals surface area contributed by atoms with E-state index in [1.165, 1.54) is 13.8 Å². The van der Waals surface area contributed by atoms with Crippen molar-refractivity contribution in [2.24, 2.45) is 0 Å². The van der Waals surface area contributed by atoms with Crippen LogP contribution in [0.2, 0.25) is 0 Å². The van der Waals surface area contributed by atoms with Gasteiger partial charge in [-0.2, -0.15) is 5.21 Å². The quantitative estimate of drug-likeness (QED) is 0.0370. The van der Waals surface area contributed by atoms with Gasteiger partial charge in [-0.1, -0.05) is 55.5 Å². The summed E-state index contributed by atoms with van der Waals surface area (Å²) in [6.07, 6.45) is 1.60. The molecule has 2 heterocycles. The molecule has 1 amide bonds. The number of hydrogen-bond donors (Lipinski definition) is 3. The number of nitrogens with zero attached hydrogens (tertiary/aromatic N) is 7. The van der Waals surface area contributed by atoms with Gasteiger partial charge in [0.25, 0.3) is 16.1 Å². The summed E-state index contributed by atoms with van der Waals surface area (Å²) < 4.78 is 12.3. The molecule has 1 unspecified atom stereocenters. The zero-order valence-electron chi connectivity index (χ0n) is 32.5. The highest BCUT2D eigenvalue weighted by atomic mass is 17.0. The zero-order chi connectivity index (χ0) is 42.1. The Bertz CT molecular complexity index is 1980. The van der Waals surface area contributed by atoms with Crippen LogP contribution in [0.15, 0.2) is 48.5 Å². The standard InChI is InChI=1S/C37H47N9O12/c1-4-11-30-39-33(37(2,3)50)32(44(30)24-25-14-16-26(17-15-25)27-12-5-6-13-28(27)34-40-42-43-41-34)35(48)38-29(36(49)56-21-8-10-23-58-46(53)54)18-19-31(47)55-20-7-9-22-57-45(51)52/h5-6,12-17,29,50H,4,7-11,18-24H2,1-3H3,(H,38,48)(H,40,41,42,43). The topological polar surface area (TPSA) is 279 Å². The third-order valence-corrected chi connectivity index (χ3v) is 8.64. The molecule has 2 aromatic carbocycles. The van der Waals surface area contributed by atoms with Crippen LogP contribution in [0.3, 0.4) is 0 Å². The number of rotatable bonds is 25. The number of benzene rings is 2. The van der Waals surface area contributed by atoms with Crippen molar-refractivity contribution < 1.29 is 48.8 Å². The number of ether oxygens (including phenoxy) is 2. The van der Waals surface area contributed by atoms with Gasteiger partial charge in [-0.25, -0.2) is 9.78 Å². The lowest BCUT2D eigenvalue weighted by molar-refractivity contribution is -0.757. The van der Waals surface area contributed by atoms with Crippen molar-refractivity contribution in [3.8, 4) is 22.5 Å². The zero-order valence-corrected chi connectivity index (χ0v) is 32.5. The summed E-state index contributed by atoms with van der Waals surface area (Å²) in [4.78, 5) is 74.3. The first-order valence-electron chi connectivity index (χ1n) is 18.7. The molecule has 2 aromatic heterocycles. The van der Waals surface area contributed by atoms with Crippen LogP contribution >= 0.6 is 0 Å². The molecule has 21 heteroatoms. The Morgan fingerprint density at radius 1 is 0.914 bits per heavy atom. The molecule has 4 rings (SSSR count). The van der Waals surface area contributed by atoms with E-state index >= 15 is 0 Å². The average Bonchev–Trinajstić information content (AvgIpc) is 3.85. The number of amides is 1. The van der Waals surface area contributed by atoms with Gasteiger partial charge in [0.15, 0.2) is 0 Å². The van der Waals surface area contributed by atoms with Crippen LogP contribution in [0.1, 0.15) is 93.3 Å². The van der Waals surface area contributed by atoms with Gasteiger partial charge in [-0.3, -0.25) is 9.59 Å². The van der Waals surface area contributed by atoms with Crippen molar-refractivity contribution in [1.29, 1.82) is 0 Å². The van der Waals surface area contributed by atoms with Gasteiger partial charge in [-0.15, -0.1) is 30.4 Å². The first-order valence-corrected chi connectivity index (χ1v) is 18.7. The summed E-state index contributed by atoms with van der Waals surface area (Å²) >= 11 is 0. The van der Waals surface area contributed by atoms with Crippen molar-refractivity contribution in [3.05, 3.63) is 91.5 Å². The second-order valence-electron chi connectivity index (χ2n) is 13.6. The minimum absolute atomic E-state index is 0.0109. The smallest absolute Gasteiger partial charge is 0.328 e. The highest BCUT2D eigenvalue weighted by Gasteiger charge is 2.34. The summed E-state index contributed by atoms with van der Waals surface area (Å²) in [6.45, 7) is 4.57. The fourth-order valence-electron chi connectivity index (χ4n) is 5.87. The first kappa shape index (κ1) is 44.2. The predicted octanol–water partition coefficient (Wildman–Crippen LogP) is 3.90. The summed E-state index contributed by atoms with van der Waals surface area (Å²) in [5.41, 5.74) is 1.85. The fourth-order valence-corrected chi connectivity index (χ4v) is 5.87. The maximum absolute atomic E-state index is 14.3. The monoisotopic (exact) mass is 809 g/mol. The Labute approximate surface area is 332 Å². The Morgan fingerprint density at radius 3 is 2.12 bits per heavy atom. The number of tetrazole rings is 1. The number of aliphatic hydroxyl groups is 1. The van der Waals surface area contributed by atoms with Gasteiger partial charge in [-0.05, 0) is 74.3 Å². The summed E-state index contributed by atoms with van der Waals surface area (Å²) in [7, 11) is 0. The second kappa shape index (κ2) is 21.7. The van der Waals surface area contributed by atoms with E-state index < -0.39 is 39.7 Å². The third-order valence-electron chi connectivity index (χ3n) is 8.64. The number of aromatic amines is 1. The van der Waals surface area contributed by atoms with Crippen LogP contribution in [0.25, 0.3) is 22.5 Å². The van der Waals surface area contributed by atoms with Gasteiger partial charge in [0, 0.05) is 24.9 Å². The lowest BCUT2D eigenvalue weighted by Crippen LogP contribution is -2.44. The van der Waals surface area contributed by atoms with E-state index in [2.05, 4.69) is 35.6 Å². The number of hydrogen-bond acceptors (Lipinski definition) is 16. The SMILES string of the molecule is CCCc1nc(C(C)(C)O)c(C(=O)NC(CCC(=O)OCCCCO[N+](=O)[O-])C(=O)OCCCCO[N+](=O)[O-])n1Cc1ccc(-c2ccccc2-c2nn[nH]n2)cc1. The number of esters is 2. The van der Waals surface area contributed by atoms with Gasteiger partial charge >= 0.3 is 11.9 Å². The Morgan fingerprint density at radius 2 is 1.53 bits per heavy atom. The van der Waals surface area contributed by atoms with Gasteiger partial charge in [0.05, 0.1) is 26.4 Å². The molecule has 0 saturated heterocycles. The summed E-state index contributed by atoms with van der Waals surface area (Å²) in [6, 6.07) is 13.9. The molecule has 4 aromatic rings. The summed E-state index contributed by atoms with van der Waals surface area (Å²) in [5.74, 6) is -1.33. The highest BCUT2D eigenvalue weighted by molar-refractivity contribution is 5.97. The van der Waals surface area contributed by atoms with Gasteiger partial charge in [0.1, 0.15) is 28.9 Å². The molecule has 0 aliphatic rings. The average molecular weight is 810 g/mol. The Kier molecular flexibility index (Phi) is 16.5. The maximum atomic E-state index is 14.3. The molecule has 0 spiro atoms. The molecule has 0 fully saturated rings. The van der Waals surface area contributed by atoms with Crippen LogP contribution in [-0.4, -0.2) is 95.8 Å². The van der Waals surface area contributed by atoms with Crippen molar-refractivity contribution in [3.63, 3.8) is 0 Å². The van der Waals surface area contributed by atoms with E-state index in [-0.39, 0.29) is 76.5 Å². The maximum Gasteiger partial charge on any atom is 0.328 e. The normalized spacial score (nSPS) is 11.7. The molecule has 0 saturated carbocycles. The minimum atomic E-state index is -1.58. The lowest BCUT2D eigenvalue weighted by Gasteiger charge is -2.21. The minimum Gasteiger partial charge on any atom is -0.466 e. The molecular formula is C37H47N9O12. The molecule has 312 valence electrons. The third kappa shape index (κ3) is 13.3. The Hall–Kier alpha value is -6.51. The van der Waals surface area contributed by atoms with Crippen molar-refractivity contribution in [2.45, 2.75) is 90.3 Å². The van der Waals surface area contributed by atoms with E-state index in [0.717, 1.165) is 22.3 Å².